The molecule has 0 amide bonds. The number of hydrogen-bond donors (Lipinski definition) is 2. The lowest BCUT2D eigenvalue weighted by molar-refractivity contribution is -0.138. The van der Waals surface area contributed by atoms with Crippen molar-refractivity contribution < 1.29 is 9.90 Å². The van der Waals surface area contributed by atoms with Crippen LogP contribution >= 0.6 is 11.8 Å². The van der Waals surface area contributed by atoms with Gasteiger partial charge in [-0.3, -0.25) is 4.79 Å². The molecule has 4 heteroatoms. The quantitative estimate of drug-likeness (QED) is 0.594. The van der Waals surface area contributed by atoms with Gasteiger partial charge in [-0.2, -0.15) is 11.8 Å². The van der Waals surface area contributed by atoms with E-state index >= 15 is 0 Å². The Morgan fingerprint density at radius 1 is 1.67 bits per heavy atom. The van der Waals surface area contributed by atoms with Crippen LogP contribution in [0.1, 0.15) is 19.8 Å². The third kappa shape index (κ3) is 5.43. The molecule has 0 radical (unpaired) electrons. The molecule has 0 aliphatic heterocycles. The molecule has 72 valence electrons. The van der Waals surface area contributed by atoms with Crippen molar-refractivity contribution in [3.05, 3.63) is 0 Å². The van der Waals surface area contributed by atoms with Gasteiger partial charge in [-0.25, -0.2) is 0 Å². The minimum Gasteiger partial charge on any atom is -0.480 e. The van der Waals surface area contributed by atoms with Crippen LogP contribution in [0.25, 0.3) is 0 Å². The normalized spacial score (nSPS) is 12.8. The number of carboxylic acid groups (broad SMARTS) is 1. The predicted molar refractivity (Wildman–Crippen MR) is 52.7 cm³/mol. The van der Waals surface area contributed by atoms with Gasteiger partial charge in [0.25, 0.3) is 0 Å². The first-order valence-corrected chi connectivity index (χ1v) is 5.35. The van der Waals surface area contributed by atoms with Crippen LogP contribution < -0.4 is 5.32 Å². The maximum atomic E-state index is 10.5. The Labute approximate surface area is 77.9 Å². The van der Waals surface area contributed by atoms with Crippen molar-refractivity contribution in [2.75, 3.05) is 18.6 Å². The van der Waals surface area contributed by atoms with Crippen LogP contribution in [0.4, 0.5) is 0 Å². The highest BCUT2D eigenvalue weighted by Crippen LogP contribution is 2.06. The first-order chi connectivity index (χ1) is 5.72. The van der Waals surface area contributed by atoms with Crippen LogP contribution in [0.5, 0.6) is 0 Å². The van der Waals surface area contributed by atoms with Gasteiger partial charge in [0.2, 0.25) is 0 Å². The topological polar surface area (TPSA) is 49.3 Å². The van der Waals surface area contributed by atoms with Gasteiger partial charge in [0.05, 0.1) is 0 Å². The SMILES string of the molecule is CCCCSCC(NC)C(=O)O. The summed E-state index contributed by atoms with van der Waals surface area (Å²) in [6.07, 6.45) is 2.34. The fourth-order valence-corrected chi connectivity index (χ4v) is 1.93. The van der Waals surface area contributed by atoms with Crippen molar-refractivity contribution in [2.24, 2.45) is 0 Å². The van der Waals surface area contributed by atoms with Crippen molar-refractivity contribution in [3.8, 4) is 0 Å². The lowest BCUT2D eigenvalue weighted by atomic mass is 10.3. The van der Waals surface area contributed by atoms with Crippen LogP contribution in [0.3, 0.4) is 0 Å². The van der Waals surface area contributed by atoms with E-state index in [-0.39, 0.29) is 0 Å². The van der Waals surface area contributed by atoms with Gasteiger partial charge >= 0.3 is 5.97 Å². The Bertz CT molecular complexity index is 130. The van der Waals surface area contributed by atoms with E-state index < -0.39 is 12.0 Å². The van der Waals surface area contributed by atoms with Crippen LogP contribution in [-0.4, -0.2) is 35.7 Å². The average Bonchev–Trinajstić information content (AvgIpc) is 2.04. The molecule has 0 heterocycles. The van der Waals surface area contributed by atoms with E-state index in [0.717, 1.165) is 5.75 Å². The highest BCUT2D eigenvalue weighted by Gasteiger charge is 2.13. The number of hydrogen-bond acceptors (Lipinski definition) is 3. The van der Waals surface area contributed by atoms with Crippen molar-refractivity contribution in [1.82, 2.24) is 5.32 Å². The molecule has 1 atom stereocenters. The second-order valence-electron chi connectivity index (χ2n) is 2.61. The summed E-state index contributed by atoms with van der Waals surface area (Å²) >= 11 is 1.70. The van der Waals surface area contributed by atoms with E-state index in [2.05, 4.69) is 12.2 Å². The zero-order valence-electron chi connectivity index (χ0n) is 7.67. The number of carbonyl (C=O) groups is 1. The summed E-state index contributed by atoms with van der Waals surface area (Å²) in [5.74, 6) is 0.954. The Morgan fingerprint density at radius 2 is 2.33 bits per heavy atom. The lowest BCUT2D eigenvalue weighted by Crippen LogP contribution is -2.36. The van der Waals surface area contributed by atoms with Gasteiger partial charge in [0.15, 0.2) is 0 Å². The fourth-order valence-electron chi connectivity index (χ4n) is 0.726. The molecular weight excluding hydrogens is 174 g/mol. The van der Waals surface area contributed by atoms with Crippen LogP contribution in [0, 0.1) is 0 Å². The third-order valence-corrected chi connectivity index (χ3v) is 2.72. The molecule has 0 aliphatic rings. The Hall–Kier alpha value is -0.220. The number of likely N-dealkylation sites (N-methyl/N-ethyl adjacent to an activating group) is 1. The van der Waals surface area contributed by atoms with Gasteiger partial charge in [-0.1, -0.05) is 13.3 Å². The highest BCUT2D eigenvalue weighted by atomic mass is 32.2. The minimum absolute atomic E-state index is 0.396. The molecule has 0 saturated carbocycles. The number of aliphatic carboxylic acids is 1. The molecule has 12 heavy (non-hydrogen) atoms. The highest BCUT2D eigenvalue weighted by molar-refractivity contribution is 7.99. The summed E-state index contributed by atoms with van der Waals surface area (Å²) in [7, 11) is 1.68. The largest absolute Gasteiger partial charge is 0.480 e. The molecule has 0 aromatic carbocycles. The van der Waals surface area contributed by atoms with Crippen LogP contribution in [0.2, 0.25) is 0 Å². The number of carboxylic acids is 1. The van der Waals surface area contributed by atoms with Crippen LogP contribution in [0.15, 0.2) is 0 Å². The number of nitrogens with one attached hydrogen (secondary N) is 1. The van der Waals surface area contributed by atoms with Gasteiger partial charge in [-0.15, -0.1) is 0 Å². The summed E-state index contributed by atoms with van der Waals surface area (Å²) in [6, 6.07) is -0.396. The fraction of sp³-hybridized carbons (Fsp3) is 0.875. The summed E-state index contributed by atoms with van der Waals surface area (Å²) in [5.41, 5.74) is 0. The van der Waals surface area contributed by atoms with Crippen molar-refractivity contribution in [2.45, 2.75) is 25.8 Å². The van der Waals surface area contributed by atoms with Gasteiger partial charge in [-0.05, 0) is 19.2 Å². The number of unbranched alkanes of at least 4 members (excludes halogenated alkanes) is 1. The molecule has 3 nitrogen and oxygen atoms in total. The van der Waals surface area contributed by atoms with E-state index in [4.69, 9.17) is 5.11 Å². The zero-order chi connectivity index (χ0) is 9.40. The summed E-state index contributed by atoms with van der Waals surface area (Å²) in [5, 5.41) is 11.4. The molecule has 0 aliphatic carbocycles. The standard InChI is InChI=1S/C8H17NO2S/c1-3-4-5-12-6-7(9-2)8(10)11/h7,9H,3-6H2,1-2H3,(H,10,11). The van der Waals surface area contributed by atoms with Crippen molar-refractivity contribution in [1.29, 1.82) is 0 Å². The molecule has 0 fully saturated rings. The van der Waals surface area contributed by atoms with Gasteiger partial charge in [0, 0.05) is 5.75 Å². The Balaban J connectivity index is 3.38. The lowest BCUT2D eigenvalue weighted by Gasteiger charge is -2.09. The zero-order valence-corrected chi connectivity index (χ0v) is 8.49. The maximum Gasteiger partial charge on any atom is 0.321 e. The average molecular weight is 191 g/mol. The molecule has 1 unspecified atom stereocenters. The van der Waals surface area contributed by atoms with Crippen LogP contribution in [-0.2, 0) is 4.79 Å². The molecule has 0 bridgehead atoms. The van der Waals surface area contributed by atoms with E-state index in [1.165, 1.54) is 12.8 Å². The molecule has 0 aromatic rings. The number of thioether (sulfide) groups is 1. The van der Waals surface area contributed by atoms with E-state index in [1.807, 2.05) is 0 Å². The molecular formula is C8H17NO2S. The smallest absolute Gasteiger partial charge is 0.321 e. The third-order valence-electron chi connectivity index (χ3n) is 1.57. The summed E-state index contributed by atoms with van der Waals surface area (Å²) in [6.45, 7) is 2.13. The second kappa shape index (κ2) is 7.43. The molecule has 0 rings (SSSR count). The van der Waals surface area contributed by atoms with E-state index in [9.17, 15) is 4.79 Å². The second-order valence-corrected chi connectivity index (χ2v) is 3.76. The first-order valence-electron chi connectivity index (χ1n) is 4.20. The Morgan fingerprint density at radius 3 is 2.75 bits per heavy atom. The predicted octanol–water partition coefficient (Wildman–Crippen LogP) is 1.19. The monoisotopic (exact) mass is 191 g/mol. The van der Waals surface area contributed by atoms with Crippen molar-refractivity contribution in [3.63, 3.8) is 0 Å². The molecule has 2 N–H and O–H groups in total. The number of rotatable bonds is 7. The minimum atomic E-state index is -0.763. The molecule has 0 spiro atoms. The first kappa shape index (κ1) is 11.8. The Kier molecular flexibility index (Phi) is 7.29. The van der Waals surface area contributed by atoms with Gasteiger partial charge in [0.1, 0.15) is 6.04 Å². The van der Waals surface area contributed by atoms with E-state index in [0.29, 0.717) is 5.75 Å². The summed E-state index contributed by atoms with van der Waals surface area (Å²) < 4.78 is 0. The van der Waals surface area contributed by atoms with E-state index in [1.54, 1.807) is 18.8 Å². The van der Waals surface area contributed by atoms with Gasteiger partial charge < -0.3 is 10.4 Å². The molecule has 0 aromatic heterocycles. The molecule has 0 saturated heterocycles. The summed E-state index contributed by atoms with van der Waals surface area (Å²) in [4.78, 5) is 10.5. The maximum absolute atomic E-state index is 10.5. The van der Waals surface area contributed by atoms with Crippen molar-refractivity contribution >= 4 is 17.7 Å².